The Hall–Kier alpha value is -2.29. The number of nitro groups is 1. The lowest BCUT2D eigenvalue weighted by Crippen LogP contribution is -2.44. The molecule has 1 aliphatic heterocycles. The lowest BCUT2D eigenvalue weighted by atomic mass is 10.1. The first kappa shape index (κ1) is 20.4. The minimum Gasteiger partial charge on any atom is -0.373 e. The number of benzene rings is 1. The number of morpholine rings is 1. The van der Waals surface area contributed by atoms with Gasteiger partial charge >= 0.3 is 0 Å². The predicted octanol–water partition coefficient (Wildman–Crippen LogP) is 3.50. The molecule has 1 saturated heterocycles. The molecule has 1 aliphatic rings. The van der Waals surface area contributed by atoms with E-state index in [2.05, 4.69) is 36.2 Å². The van der Waals surface area contributed by atoms with Gasteiger partial charge in [-0.05, 0) is 31.9 Å². The van der Waals surface area contributed by atoms with Gasteiger partial charge in [-0.1, -0.05) is 24.3 Å². The highest BCUT2D eigenvalue weighted by molar-refractivity contribution is 7.14. The molecule has 0 spiro atoms. The summed E-state index contributed by atoms with van der Waals surface area (Å²) in [5, 5.41) is 13.7. The summed E-state index contributed by atoms with van der Waals surface area (Å²) in [7, 11) is 0. The van der Waals surface area contributed by atoms with E-state index in [0.29, 0.717) is 16.3 Å². The number of hydrogen-bond acceptors (Lipinski definition) is 6. The van der Waals surface area contributed by atoms with Crippen molar-refractivity contribution in [1.29, 1.82) is 0 Å². The van der Waals surface area contributed by atoms with Crippen molar-refractivity contribution in [1.82, 2.24) is 10.2 Å². The third kappa shape index (κ3) is 5.15. The Morgan fingerprint density at radius 2 is 1.86 bits per heavy atom. The molecule has 8 heteroatoms. The zero-order chi connectivity index (χ0) is 20.3. The van der Waals surface area contributed by atoms with Crippen molar-refractivity contribution in [3.05, 3.63) is 61.3 Å². The minimum absolute atomic E-state index is 0.00810. The zero-order valence-corrected chi connectivity index (χ0v) is 17.1. The van der Waals surface area contributed by atoms with Gasteiger partial charge < -0.3 is 10.1 Å². The average molecular weight is 404 g/mol. The van der Waals surface area contributed by atoms with Crippen LogP contribution in [0.25, 0.3) is 0 Å². The maximum Gasteiger partial charge on any atom is 0.283 e. The summed E-state index contributed by atoms with van der Waals surface area (Å²) >= 11 is 1.14. The number of thiophene rings is 1. The molecule has 2 aromatic rings. The van der Waals surface area contributed by atoms with E-state index >= 15 is 0 Å². The topological polar surface area (TPSA) is 84.7 Å². The van der Waals surface area contributed by atoms with E-state index in [1.807, 2.05) is 12.1 Å². The van der Waals surface area contributed by atoms with Crippen molar-refractivity contribution >= 4 is 22.9 Å². The Kier molecular flexibility index (Phi) is 6.43. The first-order valence-corrected chi connectivity index (χ1v) is 10.1. The van der Waals surface area contributed by atoms with Gasteiger partial charge in [0.05, 0.1) is 26.9 Å². The Morgan fingerprint density at radius 1 is 1.25 bits per heavy atom. The summed E-state index contributed by atoms with van der Waals surface area (Å²) in [5.74, 6) is -0.290. The van der Waals surface area contributed by atoms with E-state index < -0.39 is 4.92 Å². The van der Waals surface area contributed by atoms with E-state index in [9.17, 15) is 14.9 Å². The monoisotopic (exact) mass is 403 g/mol. The van der Waals surface area contributed by atoms with Crippen LogP contribution in [0.5, 0.6) is 0 Å². The SMILES string of the molecule is Cc1sc(C(=O)NCc2ccc(CN3CC(C)OC(C)C3)cc2)cc1[N+](=O)[O-]. The molecule has 150 valence electrons. The summed E-state index contributed by atoms with van der Waals surface area (Å²) < 4.78 is 5.77. The number of nitrogens with one attached hydrogen (secondary N) is 1. The lowest BCUT2D eigenvalue weighted by Gasteiger charge is -2.35. The van der Waals surface area contributed by atoms with Gasteiger partial charge in [-0.3, -0.25) is 19.8 Å². The standard InChI is InChI=1S/C20H25N3O4S/c1-13-10-22(11-14(2)27-13)12-17-6-4-16(5-7-17)9-21-20(24)19-8-18(23(25)26)15(3)28-19/h4-8,13-14H,9-12H2,1-3H3,(H,21,24). The van der Waals surface area contributed by atoms with Crippen molar-refractivity contribution in [2.75, 3.05) is 13.1 Å². The summed E-state index contributed by atoms with van der Waals surface area (Å²) in [5.41, 5.74) is 2.20. The van der Waals surface area contributed by atoms with Gasteiger partial charge in [0.1, 0.15) is 0 Å². The van der Waals surface area contributed by atoms with Gasteiger partial charge in [0.2, 0.25) is 0 Å². The predicted molar refractivity (Wildman–Crippen MR) is 109 cm³/mol. The van der Waals surface area contributed by atoms with Crippen LogP contribution >= 0.6 is 11.3 Å². The molecule has 0 saturated carbocycles. The minimum atomic E-state index is -0.461. The normalized spacial score (nSPS) is 20.1. The van der Waals surface area contributed by atoms with Gasteiger partial charge in [-0.25, -0.2) is 0 Å². The first-order valence-electron chi connectivity index (χ1n) is 9.30. The van der Waals surface area contributed by atoms with Crippen LogP contribution in [0.2, 0.25) is 0 Å². The number of rotatable bonds is 6. The highest BCUT2D eigenvalue weighted by Gasteiger charge is 2.22. The smallest absolute Gasteiger partial charge is 0.283 e. The second-order valence-electron chi connectivity index (χ2n) is 7.26. The molecule has 0 bridgehead atoms. The second-order valence-corrected chi connectivity index (χ2v) is 8.52. The van der Waals surface area contributed by atoms with E-state index in [-0.39, 0.29) is 23.8 Å². The molecule has 0 aliphatic carbocycles. The number of amides is 1. The molecule has 2 heterocycles. The molecule has 1 aromatic heterocycles. The van der Waals surface area contributed by atoms with Gasteiger partial charge in [0.25, 0.3) is 11.6 Å². The zero-order valence-electron chi connectivity index (χ0n) is 16.3. The second kappa shape index (κ2) is 8.81. The molecule has 0 radical (unpaired) electrons. The molecule has 7 nitrogen and oxygen atoms in total. The third-order valence-electron chi connectivity index (χ3n) is 4.69. The summed E-state index contributed by atoms with van der Waals surface area (Å²) in [6.45, 7) is 8.95. The maximum absolute atomic E-state index is 12.3. The fraction of sp³-hybridized carbons (Fsp3) is 0.450. The lowest BCUT2D eigenvalue weighted by molar-refractivity contribution is -0.385. The molecule has 1 fully saturated rings. The summed E-state index contributed by atoms with van der Waals surface area (Å²) in [6.07, 6.45) is 0.491. The molecule has 2 unspecified atom stereocenters. The van der Waals surface area contributed by atoms with Crippen LogP contribution in [0.15, 0.2) is 30.3 Å². The molecular formula is C20H25N3O4S. The fourth-order valence-corrected chi connectivity index (χ4v) is 4.37. The fourth-order valence-electron chi connectivity index (χ4n) is 3.47. The number of ether oxygens (including phenoxy) is 1. The number of carbonyl (C=O) groups is 1. The molecule has 1 amide bonds. The first-order chi connectivity index (χ1) is 13.3. The van der Waals surface area contributed by atoms with Crippen molar-refractivity contribution in [2.45, 2.75) is 46.1 Å². The van der Waals surface area contributed by atoms with E-state index in [1.165, 1.54) is 11.6 Å². The number of hydrogen-bond donors (Lipinski definition) is 1. The van der Waals surface area contributed by atoms with Gasteiger partial charge in [-0.2, -0.15) is 0 Å². The molecule has 1 aromatic carbocycles. The Bertz CT molecular complexity index is 840. The van der Waals surface area contributed by atoms with Crippen LogP contribution in [0.4, 0.5) is 5.69 Å². The summed E-state index contributed by atoms with van der Waals surface area (Å²) in [4.78, 5) is 26.0. The Morgan fingerprint density at radius 3 is 2.43 bits per heavy atom. The van der Waals surface area contributed by atoms with Crippen molar-refractivity contribution in [3.63, 3.8) is 0 Å². The van der Waals surface area contributed by atoms with Crippen molar-refractivity contribution in [2.24, 2.45) is 0 Å². The van der Waals surface area contributed by atoms with Crippen LogP contribution in [-0.4, -0.2) is 41.0 Å². The van der Waals surface area contributed by atoms with E-state index in [4.69, 9.17) is 4.74 Å². The van der Waals surface area contributed by atoms with Crippen LogP contribution in [0.1, 0.15) is 39.5 Å². The largest absolute Gasteiger partial charge is 0.373 e. The van der Waals surface area contributed by atoms with Gasteiger partial charge in [0, 0.05) is 32.2 Å². The molecular weight excluding hydrogens is 378 g/mol. The molecule has 1 N–H and O–H groups in total. The van der Waals surface area contributed by atoms with E-state index in [1.54, 1.807) is 6.92 Å². The van der Waals surface area contributed by atoms with Gasteiger partial charge in [0.15, 0.2) is 0 Å². The van der Waals surface area contributed by atoms with Crippen LogP contribution in [0, 0.1) is 17.0 Å². The number of carbonyl (C=O) groups excluding carboxylic acids is 1. The number of aryl methyl sites for hydroxylation is 1. The molecule has 28 heavy (non-hydrogen) atoms. The quantitative estimate of drug-likeness (QED) is 0.589. The number of nitrogens with zero attached hydrogens (tertiary/aromatic N) is 2. The van der Waals surface area contributed by atoms with E-state index in [0.717, 1.165) is 36.5 Å². The van der Waals surface area contributed by atoms with Crippen LogP contribution in [0.3, 0.4) is 0 Å². The highest BCUT2D eigenvalue weighted by atomic mass is 32.1. The third-order valence-corrected chi connectivity index (χ3v) is 5.73. The Labute approximate surface area is 168 Å². The van der Waals surface area contributed by atoms with Crippen molar-refractivity contribution in [3.8, 4) is 0 Å². The van der Waals surface area contributed by atoms with Crippen LogP contribution < -0.4 is 5.32 Å². The summed E-state index contributed by atoms with van der Waals surface area (Å²) in [6, 6.07) is 9.50. The highest BCUT2D eigenvalue weighted by Crippen LogP contribution is 2.28. The Balaban J connectivity index is 1.53. The van der Waals surface area contributed by atoms with Crippen LogP contribution in [-0.2, 0) is 17.8 Å². The average Bonchev–Trinajstić information content (AvgIpc) is 3.02. The van der Waals surface area contributed by atoms with Gasteiger partial charge in [-0.15, -0.1) is 11.3 Å². The molecule has 2 atom stereocenters. The maximum atomic E-state index is 12.3. The van der Waals surface area contributed by atoms with Crippen molar-refractivity contribution < 1.29 is 14.5 Å². The molecule has 3 rings (SSSR count).